The molecule has 7 nitrogen and oxygen atoms in total. The number of rotatable bonds is 5. The summed E-state index contributed by atoms with van der Waals surface area (Å²) < 4.78 is 94.8. The van der Waals surface area contributed by atoms with E-state index in [-0.39, 0.29) is 41.8 Å². The van der Waals surface area contributed by atoms with Crippen molar-refractivity contribution in [2.45, 2.75) is 69.3 Å². The van der Waals surface area contributed by atoms with Crippen molar-refractivity contribution in [3.63, 3.8) is 0 Å². The minimum Gasteiger partial charge on any atom is -0.399 e. The topological polar surface area (TPSA) is 110 Å². The van der Waals surface area contributed by atoms with Crippen LogP contribution in [-0.2, 0) is 0 Å². The first-order valence-electron chi connectivity index (χ1n) is 11.2. The van der Waals surface area contributed by atoms with E-state index >= 15 is 4.39 Å². The molecule has 3 aliphatic rings. The molecular formula is C21H26F7N5O2. The van der Waals surface area contributed by atoms with Crippen molar-refractivity contribution in [3.8, 4) is 0 Å². The number of halogens is 7. The summed E-state index contributed by atoms with van der Waals surface area (Å²) in [5, 5.41) is 0.1000. The zero-order valence-electron chi connectivity index (χ0n) is 18.7. The molecule has 1 aromatic rings. The molecule has 1 aliphatic heterocycles. The summed E-state index contributed by atoms with van der Waals surface area (Å²) in [6, 6.07) is -2.63. The number of nitrogens with zero attached hydrogens (tertiary/aromatic N) is 2. The van der Waals surface area contributed by atoms with Gasteiger partial charge in [-0.05, 0) is 50.6 Å². The first-order chi connectivity index (χ1) is 16.1. The molecule has 5 N–H and O–H groups in total. The van der Waals surface area contributed by atoms with Crippen LogP contribution in [0.15, 0.2) is 9.59 Å². The Morgan fingerprint density at radius 1 is 1.09 bits per heavy atom. The van der Waals surface area contributed by atoms with Gasteiger partial charge in [-0.3, -0.25) is 19.2 Å². The standard InChI is InChI=1S/C21H26F7N5O2/c1-8-16-13(18(34)31-19(35)33(16)10-2-3-10)15(30)14(22)17(8)32-5-4-9(7-32)11(29)6-12(20(23,24)25)21(26,27)28/h9-12,14,17H,2-7,29-30H2,1H3,(H,31,34,35). The molecule has 0 radical (unpaired) electrons. The van der Waals surface area contributed by atoms with Gasteiger partial charge in [-0.1, -0.05) is 0 Å². The predicted molar refractivity (Wildman–Crippen MR) is 112 cm³/mol. The second kappa shape index (κ2) is 8.64. The Hall–Kier alpha value is -2.35. The van der Waals surface area contributed by atoms with Gasteiger partial charge in [0.25, 0.3) is 5.56 Å². The van der Waals surface area contributed by atoms with Crippen LogP contribution in [0, 0.1) is 11.8 Å². The smallest absolute Gasteiger partial charge is 0.399 e. The lowest BCUT2D eigenvalue weighted by molar-refractivity contribution is -0.287. The van der Waals surface area contributed by atoms with Crippen molar-refractivity contribution in [3.05, 3.63) is 31.4 Å². The number of hydrogen-bond acceptors (Lipinski definition) is 5. The summed E-state index contributed by atoms with van der Waals surface area (Å²) in [5.41, 5.74) is 10.3. The van der Waals surface area contributed by atoms with Gasteiger partial charge in [-0.15, -0.1) is 0 Å². The van der Waals surface area contributed by atoms with Gasteiger partial charge in [0.15, 0.2) is 12.1 Å². The number of aromatic nitrogens is 2. The summed E-state index contributed by atoms with van der Waals surface area (Å²) in [7, 11) is 0. The van der Waals surface area contributed by atoms with E-state index in [9.17, 15) is 35.9 Å². The fourth-order valence-corrected chi connectivity index (χ4v) is 5.35. The van der Waals surface area contributed by atoms with Crippen LogP contribution in [0.3, 0.4) is 0 Å². The van der Waals surface area contributed by atoms with Gasteiger partial charge in [0.05, 0.1) is 22.3 Å². The first-order valence-corrected chi connectivity index (χ1v) is 11.2. The summed E-state index contributed by atoms with van der Waals surface area (Å²) in [6.07, 6.45) is -12.6. The maximum atomic E-state index is 15.5. The van der Waals surface area contributed by atoms with Gasteiger partial charge in [0, 0.05) is 18.6 Å². The van der Waals surface area contributed by atoms with Crippen LogP contribution in [0.2, 0.25) is 0 Å². The fraction of sp³-hybridized carbons (Fsp3) is 0.714. The van der Waals surface area contributed by atoms with Gasteiger partial charge < -0.3 is 11.5 Å². The van der Waals surface area contributed by atoms with Gasteiger partial charge in [-0.25, -0.2) is 9.18 Å². The number of hydrogen-bond donors (Lipinski definition) is 3. The molecular weight excluding hydrogens is 487 g/mol. The quantitative estimate of drug-likeness (QED) is 0.500. The number of aromatic amines is 1. The lowest BCUT2D eigenvalue weighted by Gasteiger charge is -2.35. The molecule has 0 aromatic carbocycles. The maximum Gasteiger partial charge on any atom is 0.400 e. The highest BCUT2D eigenvalue weighted by molar-refractivity contribution is 5.62. The molecule has 0 bridgehead atoms. The lowest BCUT2D eigenvalue weighted by Crippen LogP contribution is -2.62. The molecule has 4 atom stereocenters. The highest BCUT2D eigenvalue weighted by Gasteiger charge is 2.57. The highest BCUT2D eigenvalue weighted by Crippen LogP contribution is 2.43. The molecule has 2 aliphatic carbocycles. The molecule has 4 unspecified atom stereocenters. The zero-order valence-corrected chi connectivity index (χ0v) is 18.7. The Kier molecular flexibility index (Phi) is 6.36. The van der Waals surface area contributed by atoms with E-state index in [1.165, 1.54) is 4.57 Å². The fourth-order valence-electron chi connectivity index (χ4n) is 5.35. The summed E-state index contributed by atoms with van der Waals surface area (Å²) in [4.78, 5) is 28.7. The summed E-state index contributed by atoms with van der Waals surface area (Å²) in [6.45, 7) is 1.66. The van der Waals surface area contributed by atoms with E-state index in [1.807, 2.05) is 0 Å². The third-order valence-corrected chi connectivity index (χ3v) is 7.29. The number of alkyl halides is 7. The Bertz CT molecular complexity index is 1220. The van der Waals surface area contributed by atoms with Gasteiger partial charge >= 0.3 is 18.0 Å². The Labute approximate surface area is 194 Å². The Morgan fingerprint density at radius 3 is 2.23 bits per heavy atom. The highest BCUT2D eigenvalue weighted by atomic mass is 19.4. The molecule has 0 spiro atoms. The van der Waals surface area contributed by atoms with E-state index in [2.05, 4.69) is 4.98 Å². The minimum atomic E-state index is -5.49. The molecule has 35 heavy (non-hydrogen) atoms. The molecule has 4 rings (SSSR count). The molecule has 14 heteroatoms. The molecule has 2 fully saturated rings. The van der Waals surface area contributed by atoms with Crippen molar-refractivity contribution < 1.29 is 30.7 Å². The van der Waals surface area contributed by atoms with Crippen LogP contribution in [0.4, 0.5) is 30.7 Å². The monoisotopic (exact) mass is 513 g/mol. The van der Waals surface area contributed by atoms with Crippen LogP contribution >= 0.6 is 0 Å². The van der Waals surface area contributed by atoms with E-state index < -0.39 is 60.1 Å². The van der Waals surface area contributed by atoms with Crippen molar-refractivity contribution in [2.24, 2.45) is 23.3 Å². The Morgan fingerprint density at radius 2 is 1.69 bits per heavy atom. The summed E-state index contributed by atoms with van der Waals surface area (Å²) >= 11 is 0. The number of nitrogens with two attached hydrogens (primary N) is 2. The number of nitrogens with one attached hydrogen (secondary N) is 1. The molecule has 1 aromatic heterocycles. The van der Waals surface area contributed by atoms with Crippen LogP contribution in [0.25, 0.3) is 11.3 Å². The van der Waals surface area contributed by atoms with Crippen molar-refractivity contribution >= 4 is 11.3 Å². The van der Waals surface area contributed by atoms with Gasteiger partial charge in [0.1, 0.15) is 0 Å². The second-order valence-electron chi connectivity index (χ2n) is 9.65. The van der Waals surface area contributed by atoms with Crippen LogP contribution in [-0.4, -0.2) is 58.1 Å². The largest absolute Gasteiger partial charge is 0.400 e. The predicted octanol–water partition coefficient (Wildman–Crippen LogP) is 0.609. The molecule has 1 saturated carbocycles. The normalized spacial score (nSPS) is 27.0. The molecule has 196 valence electrons. The maximum absolute atomic E-state index is 15.5. The van der Waals surface area contributed by atoms with E-state index in [4.69, 9.17) is 11.5 Å². The third-order valence-electron chi connectivity index (χ3n) is 7.29. The number of likely N-dealkylation sites (tertiary alicyclic amines) is 1. The first kappa shape index (κ1) is 25.7. The number of fused-ring (bicyclic) bond motifs is 1. The average molecular weight is 513 g/mol. The van der Waals surface area contributed by atoms with Crippen LogP contribution in [0.5, 0.6) is 0 Å². The van der Waals surface area contributed by atoms with E-state index in [1.54, 1.807) is 11.8 Å². The van der Waals surface area contributed by atoms with Crippen molar-refractivity contribution in [1.82, 2.24) is 14.5 Å². The molecule has 2 heterocycles. The van der Waals surface area contributed by atoms with Crippen molar-refractivity contribution in [2.75, 3.05) is 13.1 Å². The van der Waals surface area contributed by atoms with Crippen LogP contribution in [0.1, 0.15) is 38.6 Å². The third kappa shape index (κ3) is 4.61. The lowest BCUT2D eigenvalue weighted by atomic mass is 9.89. The second-order valence-corrected chi connectivity index (χ2v) is 9.65. The molecule has 1 saturated heterocycles. The molecule has 0 amide bonds. The SMILES string of the molecule is CC1=c2c(c(=O)[nH]c(=O)n2C2CC2)=C(N)C(F)C1N1CCC(C(N)CC(C(F)(F)F)C(F)(F)F)C1. The van der Waals surface area contributed by atoms with Gasteiger partial charge in [-0.2, -0.15) is 26.3 Å². The average Bonchev–Trinajstić information content (AvgIpc) is 3.44. The zero-order chi connectivity index (χ0) is 26.0. The minimum absolute atomic E-state index is 0.0501. The van der Waals surface area contributed by atoms with Crippen LogP contribution < -0.4 is 33.3 Å². The Balaban J connectivity index is 1.65. The van der Waals surface area contributed by atoms with Gasteiger partial charge in [0.2, 0.25) is 0 Å². The summed E-state index contributed by atoms with van der Waals surface area (Å²) in [5.74, 6) is -4.29. The van der Waals surface area contributed by atoms with Crippen molar-refractivity contribution in [1.29, 1.82) is 0 Å². The number of H-pyrrole nitrogens is 1. The van der Waals surface area contributed by atoms with E-state index in [0.717, 1.165) is 0 Å². The van der Waals surface area contributed by atoms with E-state index in [0.29, 0.717) is 18.4 Å².